The molecule has 3 aliphatic heterocycles. The molecule has 26 heavy (non-hydrogen) atoms. The number of fused-ring (bicyclic) bond motifs is 1. The number of likely N-dealkylation sites (tertiary alicyclic amines) is 2. The molecule has 0 bridgehead atoms. The van der Waals surface area contributed by atoms with Crippen LogP contribution in [0.15, 0.2) is 6.07 Å². The van der Waals surface area contributed by atoms with E-state index in [-0.39, 0.29) is 11.5 Å². The van der Waals surface area contributed by atoms with Crippen LogP contribution in [0, 0.1) is 5.92 Å². The second-order valence-corrected chi connectivity index (χ2v) is 9.55. The number of nitrogens with zero attached hydrogens (tertiary/aromatic N) is 2. The van der Waals surface area contributed by atoms with Gasteiger partial charge in [-0.05, 0) is 50.2 Å². The third kappa shape index (κ3) is 2.87. The van der Waals surface area contributed by atoms with E-state index in [1.54, 1.807) is 11.3 Å². The van der Waals surface area contributed by atoms with Crippen LogP contribution in [-0.4, -0.2) is 60.0 Å². The van der Waals surface area contributed by atoms with Crippen molar-refractivity contribution in [3.05, 3.63) is 21.4 Å². The summed E-state index contributed by atoms with van der Waals surface area (Å²) in [5.41, 5.74) is 1.27. The van der Waals surface area contributed by atoms with Gasteiger partial charge in [-0.3, -0.25) is 9.59 Å². The monoisotopic (exact) mass is 374 g/mol. The summed E-state index contributed by atoms with van der Waals surface area (Å²) in [6.07, 6.45) is 7.32. The molecular weight excluding hydrogens is 348 g/mol. The van der Waals surface area contributed by atoms with Gasteiger partial charge in [0.2, 0.25) is 5.91 Å². The Balaban J connectivity index is 1.13. The molecule has 5 rings (SSSR count). The third-order valence-corrected chi connectivity index (χ3v) is 7.71. The lowest BCUT2D eigenvalue weighted by molar-refractivity contribution is -0.169. The molecule has 0 radical (unpaired) electrons. The molecule has 5 nitrogen and oxygen atoms in total. The Bertz CT molecular complexity index is 706. The number of rotatable bonds is 3. The van der Waals surface area contributed by atoms with Crippen molar-refractivity contribution in [3.8, 4) is 0 Å². The minimum absolute atomic E-state index is 0.124. The lowest BCUT2D eigenvalue weighted by atomic mass is 9.82. The van der Waals surface area contributed by atoms with Crippen LogP contribution in [-0.2, 0) is 22.4 Å². The van der Waals surface area contributed by atoms with Crippen LogP contribution in [0.4, 0.5) is 0 Å². The van der Waals surface area contributed by atoms with Gasteiger partial charge in [-0.1, -0.05) is 0 Å². The molecule has 1 atom stereocenters. The van der Waals surface area contributed by atoms with E-state index < -0.39 is 0 Å². The van der Waals surface area contributed by atoms with E-state index in [0.717, 1.165) is 69.8 Å². The number of thiophene rings is 1. The van der Waals surface area contributed by atoms with Crippen LogP contribution in [0.25, 0.3) is 0 Å². The SMILES string of the molecule is O=C1CCCN1CC1CCC2(CN(C(=O)c3cc4c(s3)CCC4)C2)OC1. The molecule has 3 fully saturated rings. The Kier molecular flexibility index (Phi) is 4.09. The minimum atomic E-state index is -0.124. The summed E-state index contributed by atoms with van der Waals surface area (Å²) in [5, 5.41) is 0. The van der Waals surface area contributed by atoms with Crippen molar-refractivity contribution in [3.63, 3.8) is 0 Å². The standard InChI is InChI=1S/C20H26N2O3S/c23-18-5-2-8-21(18)10-14-6-7-20(25-11-14)12-22(13-20)19(24)17-9-15-3-1-4-16(15)26-17/h9,14H,1-8,10-13H2. The second kappa shape index (κ2) is 6.34. The molecular formula is C20H26N2O3S. The van der Waals surface area contributed by atoms with Crippen molar-refractivity contribution in [2.45, 2.75) is 50.5 Å². The van der Waals surface area contributed by atoms with Crippen molar-refractivity contribution in [1.29, 1.82) is 0 Å². The van der Waals surface area contributed by atoms with Crippen molar-refractivity contribution in [2.75, 3.05) is 32.8 Å². The van der Waals surface area contributed by atoms with Gasteiger partial charge in [0.05, 0.1) is 24.6 Å². The fourth-order valence-corrected chi connectivity index (χ4v) is 6.12. The van der Waals surface area contributed by atoms with Gasteiger partial charge in [0, 0.05) is 30.3 Å². The van der Waals surface area contributed by atoms with Crippen LogP contribution in [0.5, 0.6) is 0 Å². The van der Waals surface area contributed by atoms with Gasteiger partial charge in [-0.2, -0.15) is 0 Å². The van der Waals surface area contributed by atoms with E-state index in [0.29, 0.717) is 18.2 Å². The number of aryl methyl sites for hydroxylation is 2. The third-order valence-electron chi connectivity index (χ3n) is 6.49. The summed E-state index contributed by atoms with van der Waals surface area (Å²) in [6.45, 7) is 3.93. The quantitative estimate of drug-likeness (QED) is 0.817. The van der Waals surface area contributed by atoms with Crippen LogP contribution < -0.4 is 0 Å². The predicted octanol–water partition coefficient (Wildman–Crippen LogP) is 2.48. The molecule has 1 unspecified atom stereocenters. The molecule has 6 heteroatoms. The van der Waals surface area contributed by atoms with Crippen molar-refractivity contribution in [1.82, 2.24) is 9.80 Å². The zero-order valence-corrected chi connectivity index (χ0v) is 16.0. The van der Waals surface area contributed by atoms with Crippen molar-refractivity contribution >= 4 is 23.2 Å². The summed E-state index contributed by atoms with van der Waals surface area (Å²) < 4.78 is 6.21. The number of hydrogen-bond acceptors (Lipinski definition) is 4. The molecule has 1 spiro atoms. The van der Waals surface area contributed by atoms with E-state index in [9.17, 15) is 9.59 Å². The summed E-state index contributed by atoms with van der Waals surface area (Å²) >= 11 is 1.69. The highest BCUT2D eigenvalue weighted by Crippen LogP contribution is 2.38. The number of hydrogen-bond donors (Lipinski definition) is 0. The van der Waals surface area contributed by atoms with Gasteiger partial charge < -0.3 is 14.5 Å². The highest BCUT2D eigenvalue weighted by Gasteiger charge is 2.49. The van der Waals surface area contributed by atoms with Crippen LogP contribution in [0.1, 0.15) is 52.2 Å². The molecule has 140 valence electrons. The van der Waals surface area contributed by atoms with Gasteiger partial charge in [-0.15, -0.1) is 11.3 Å². The normalized spacial score (nSPS) is 27.1. The summed E-state index contributed by atoms with van der Waals surface area (Å²) in [7, 11) is 0. The smallest absolute Gasteiger partial charge is 0.264 e. The van der Waals surface area contributed by atoms with E-state index in [1.165, 1.54) is 16.9 Å². The van der Waals surface area contributed by atoms with Crippen molar-refractivity contribution in [2.24, 2.45) is 5.92 Å². The maximum Gasteiger partial charge on any atom is 0.264 e. The number of amides is 2. The zero-order chi connectivity index (χ0) is 17.7. The Morgan fingerprint density at radius 1 is 1.27 bits per heavy atom. The Hall–Kier alpha value is -1.40. The first-order valence-electron chi connectivity index (χ1n) is 9.94. The van der Waals surface area contributed by atoms with Gasteiger partial charge in [0.15, 0.2) is 0 Å². The van der Waals surface area contributed by atoms with Crippen LogP contribution in [0.3, 0.4) is 0 Å². The molecule has 0 saturated carbocycles. The topological polar surface area (TPSA) is 49.9 Å². The van der Waals surface area contributed by atoms with E-state index in [2.05, 4.69) is 6.07 Å². The van der Waals surface area contributed by atoms with E-state index >= 15 is 0 Å². The fraction of sp³-hybridized carbons (Fsp3) is 0.700. The molecule has 2 amide bonds. The van der Waals surface area contributed by atoms with Crippen LogP contribution in [0.2, 0.25) is 0 Å². The van der Waals surface area contributed by atoms with Gasteiger partial charge in [0.1, 0.15) is 5.60 Å². The minimum Gasteiger partial charge on any atom is -0.371 e. The number of carbonyl (C=O) groups is 2. The van der Waals surface area contributed by atoms with Gasteiger partial charge in [0.25, 0.3) is 5.91 Å². The van der Waals surface area contributed by atoms with Gasteiger partial charge in [-0.25, -0.2) is 0 Å². The Morgan fingerprint density at radius 2 is 2.15 bits per heavy atom. The Labute approximate surface area is 158 Å². The average Bonchev–Trinajstić information content (AvgIpc) is 3.30. The number of carbonyl (C=O) groups excluding carboxylic acids is 2. The zero-order valence-electron chi connectivity index (χ0n) is 15.2. The van der Waals surface area contributed by atoms with Crippen LogP contribution >= 0.6 is 11.3 Å². The lowest BCUT2D eigenvalue weighted by Gasteiger charge is -2.52. The second-order valence-electron chi connectivity index (χ2n) is 8.42. The number of ether oxygens (including phenoxy) is 1. The molecule has 3 saturated heterocycles. The average molecular weight is 375 g/mol. The predicted molar refractivity (Wildman–Crippen MR) is 99.5 cm³/mol. The maximum atomic E-state index is 12.7. The molecule has 1 aromatic heterocycles. The highest BCUT2D eigenvalue weighted by atomic mass is 32.1. The summed E-state index contributed by atoms with van der Waals surface area (Å²) in [6, 6.07) is 2.12. The molecule has 4 aliphatic rings. The lowest BCUT2D eigenvalue weighted by Crippen LogP contribution is -2.66. The molecule has 0 aromatic carbocycles. The molecule has 4 heterocycles. The first kappa shape index (κ1) is 16.8. The summed E-state index contributed by atoms with van der Waals surface area (Å²) in [5.74, 6) is 0.935. The van der Waals surface area contributed by atoms with E-state index in [4.69, 9.17) is 4.74 Å². The molecule has 1 aliphatic carbocycles. The Morgan fingerprint density at radius 3 is 2.85 bits per heavy atom. The molecule has 0 N–H and O–H groups in total. The van der Waals surface area contributed by atoms with Gasteiger partial charge >= 0.3 is 0 Å². The summed E-state index contributed by atoms with van der Waals surface area (Å²) in [4.78, 5) is 30.8. The van der Waals surface area contributed by atoms with E-state index in [1.807, 2.05) is 9.80 Å². The maximum absolute atomic E-state index is 12.7. The largest absolute Gasteiger partial charge is 0.371 e. The van der Waals surface area contributed by atoms with Crippen molar-refractivity contribution < 1.29 is 14.3 Å². The first-order valence-corrected chi connectivity index (χ1v) is 10.8. The first-order chi connectivity index (χ1) is 12.6. The molecule has 1 aromatic rings. The highest BCUT2D eigenvalue weighted by molar-refractivity contribution is 7.14. The fourth-order valence-electron chi connectivity index (χ4n) is 4.90.